The minimum Gasteiger partial charge on any atom is -0.489 e. The maximum atomic E-state index is 14.2. The van der Waals surface area contributed by atoms with Gasteiger partial charge in [0.25, 0.3) is 0 Å². The number of carbonyl (C=O) groups excluding carboxylic acids is 1. The van der Waals surface area contributed by atoms with Gasteiger partial charge in [0.2, 0.25) is 0 Å². The summed E-state index contributed by atoms with van der Waals surface area (Å²) in [6.45, 7) is 4.09. The molecule has 6 rings (SSSR count). The number of benzene rings is 2. The van der Waals surface area contributed by atoms with Crippen molar-refractivity contribution in [3.63, 3.8) is 0 Å². The van der Waals surface area contributed by atoms with Crippen LogP contribution in [0.15, 0.2) is 54.6 Å². The second kappa shape index (κ2) is 11.1. The van der Waals surface area contributed by atoms with Crippen molar-refractivity contribution in [2.24, 2.45) is 0 Å². The Hall–Kier alpha value is -3.84. The molecule has 4 heterocycles. The van der Waals surface area contributed by atoms with E-state index in [1.165, 1.54) is 23.0 Å². The maximum absolute atomic E-state index is 14.2. The lowest BCUT2D eigenvalue weighted by molar-refractivity contribution is -0.0591. The quantitative estimate of drug-likeness (QED) is 0.257. The van der Waals surface area contributed by atoms with Crippen molar-refractivity contribution in [1.82, 2.24) is 14.5 Å². The average molecular weight is 543 g/mol. The van der Waals surface area contributed by atoms with Gasteiger partial charge in [-0.05, 0) is 54.3 Å². The molecule has 0 saturated carbocycles. The smallest absolute Gasteiger partial charge is 0.160 e. The van der Waals surface area contributed by atoms with E-state index in [1.54, 1.807) is 12.1 Å². The van der Waals surface area contributed by atoms with E-state index in [1.807, 2.05) is 30.3 Å². The molecule has 0 N–H and O–H groups in total. The summed E-state index contributed by atoms with van der Waals surface area (Å²) in [4.78, 5) is 20.3. The lowest BCUT2D eigenvalue weighted by Gasteiger charge is -2.29. The summed E-state index contributed by atoms with van der Waals surface area (Å²) in [6.07, 6.45) is 5.28. The number of aromatic nitrogens is 2. The van der Waals surface area contributed by atoms with E-state index < -0.39 is 5.82 Å². The number of aldehydes is 1. The van der Waals surface area contributed by atoms with Gasteiger partial charge >= 0.3 is 0 Å². The number of ether oxygens (including phenoxy) is 2. The van der Waals surface area contributed by atoms with E-state index in [4.69, 9.17) is 19.7 Å². The molecule has 39 heavy (non-hydrogen) atoms. The summed E-state index contributed by atoms with van der Waals surface area (Å²) in [7, 11) is 0. The van der Waals surface area contributed by atoms with Gasteiger partial charge in [-0.3, -0.25) is 9.69 Å². The number of rotatable bonds is 9. The Bertz CT molecular complexity index is 1600. The van der Waals surface area contributed by atoms with E-state index >= 15 is 0 Å². The summed E-state index contributed by atoms with van der Waals surface area (Å²) in [6, 6.07) is 16.1. The van der Waals surface area contributed by atoms with E-state index in [9.17, 15) is 9.18 Å². The van der Waals surface area contributed by atoms with Gasteiger partial charge in [-0.15, -0.1) is 11.3 Å². The van der Waals surface area contributed by atoms with Gasteiger partial charge in [-0.1, -0.05) is 24.3 Å². The fraction of sp³-hybridized carbons (Fsp3) is 0.300. The third-order valence-corrected chi connectivity index (χ3v) is 8.33. The molecule has 0 spiro atoms. The second-order valence-corrected chi connectivity index (χ2v) is 10.9. The Morgan fingerprint density at radius 2 is 2.15 bits per heavy atom. The summed E-state index contributed by atoms with van der Waals surface area (Å²) in [5.41, 5.74) is 3.93. The van der Waals surface area contributed by atoms with Crippen LogP contribution in [0, 0.1) is 17.1 Å². The Kier molecular flexibility index (Phi) is 7.24. The number of halogens is 1. The molecule has 1 unspecified atom stereocenters. The highest BCUT2D eigenvalue weighted by molar-refractivity contribution is 7.20. The first-order valence-electron chi connectivity index (χ1n) is 13.0. The number of thiophene rings is 1. The summed E-state index contributed by atoms with van der Waals surface area (Å²) in [5.74, 6) is 1.24. The van der Waals surface area contributed by atoms with Crippen LogP contribution in [0.5, 0.6) is 5.75 Å². The standard InChI is InChI=1S/C30H27FN4O3S/c31-27-12-20(15-32)4-5-23(27)19-38-24-3-1-2-22(13-24)21-6-9-34(10-7-21)17-29-33-28-14-26(18-36)39-30(28)35(29)16-25-8-11-37-25/h1-6,12-14,18,25H,7-11,16-17,19H2. The SMILES string of the molecule is N#Cc1ccc(COc2cccc(C3=CCN(Cc4nc5cc(C=O)sc5n4CC4CCO4)CC3)c2)c(F)c1. The van der Waals surface area contributed by atoms with Gasteiger partial charge in [0.15, 0.2) is 6.29 Å². The van der Waals surface area contributed by atoms with Gasteiger partial charge in [0.1, 0.15) is 34.3 Å². The minimum absolute atomic E-state index is 0.0954. The van der Waals surface area contributed by atoms with Crippen LogP contribution in [0.1, 0.15) is 45.0 Å². The van der Waals surface area contributed by atoms with E-state index in [-0.39, 0.29) is 12.7 Å². The number of hydrogen-bond donors (Lipinski definition) is 0. The average Bonchev–Trinajstić information content (AvgIpc) is 3.48. The lowest BCUT2D eigenvalue weighted by Crippen LogP contribution is -2.33. The van der Waals surface area contributed by atoms with Crippen LogP contribution in [0.3, 0.4) is 0 Å². The van der Waals surface area contributed by atoms with Crippen LogP contribution in [-0.2, 0) is 24.4 Å². The topological polar surface area (TPSA) is 80.4 Å². The fourth-order valence-corrected chi connectivity index (χ4v) is 5.92. The van der Waals surface area contributed by atoms with Gasteiger partial charge in [0, 0.05) is 25.3 Å². The maximum Gasteiger partial charge on any atom is 0.160 e. The van der Waals surface area contributed by atoms with E-state index in [0.29, 0.717) is 21.8 Å². The molecule has 2 aliphatic rings. The van der Waals surface area contributed by atoms with Crippen LogP contribution >= 0.6 is 11.3 Å². The van der Waals surface area contributed by atoms with E-state index in [2.05, 4.69) is 21.6 Å². The van der Waals surface area contributed by atoms with Gasteiger partial charge < -0.3 is 14.0 Å². The third-order valence-electron chi connectivity index (χ3n) is 7.25. The predicted octanol–water partition coefficient (Wildman–Crippen LogP) is 5.58. The number of carbonyl (C=O) groups is 1. The number of imidazole rings is 1. The first-order chi connectivity index (χ1) is 19.1. The normalized spacial score (nSPS) is 17.4. The molecule has 198 valence electrons. The van der Waals surface area contributed by atoms with Crippen molar-refractivity contribution in [2.45, 2.75) is 38.6 Å². The molecular formula is C30H27FN4O3S. The number of nitrogens with zero attached hydrogens (tertiary/aromatic N) is 4. The first kappa shape index (κ1) is 25.4. The number of hydrogen-bond acceptors (Lipinski definition) is 7. The Labute approximate surface area is 229 Å². The van der Waals surface area contributed by atoms with Gasteiger partial charge in [-0.25, -0.2) is 9.37 Å². The molecule has 7 nitrogen and oxygen atoms in total. The zero-order valence-corrected chi connectivity index (χ0v) is 22.1. The molecule has 0 aliphatic carbocycles. The molecule has 0 amide bonds. The molecular weight excluding hydrogens is 515 g/mol. The van der Waals surface area contributed by atoms with Crippen molar-refractivity contribution in [3.8, 4) is 11.8 Å². The molecule has 0 bridgehead atoms. The Morgan fingerprint density at radius 1 is 1.26 bits per heavy atom. The fourth-order valence-electron chi connectivity index (χ4n) is 4.98. The van der Waals surface area contributed by atoms with Crippen molar-refractivity contribution in [3.05, 3.63) is 87.8 Å². The van der Waals surface area contributed by atoms with Gasteiger partial charge in [0.05, 0.1) is 35.7 Å². The number of fused-ring (bicyclic) bond motifs is 1. The number of nitriles is 1. The van der Waals surface area contributed by atoms with Crippen LogP contribution in [-0.4, -0.2) is 46.5 Å². The van der Waals surface area contributed by atoms with Gasteiger partial charge in [-0.2, -0.15) is 5.26 Å². The second-order valence-electron chi connectivity index (χ2n) is 9.83. The lowest BCUT2D eigenvalue weighted by atomic mass is 9.99. The molecule has 4 aromatic rings. The Morgan fingerprint density at radius 3 is 2.87 bits per heavy atom. The minimum atomic E-state index is -0.440. The molecule has 1 fully saturated rings. The zero-order valence-electron chi connectivity index (χ0n) is 21.3. The predicted molar refractivity (Wildman–Crippen MR) is 147 cm³/mol. The molecule has 2 aromatic heterocycles. The molecule has 1 atom stereocenters. The van der Waals surface area contributed by atoms with E-state index in [0.717, 1.165) is 73.6 Å². The van der Waals surface area contributed by atoms with Crippen molar-refractivity contribution in [1.29, 1.82) is 5.26 Å². The molecule has 1 saturated heterocycles. The first-order valence-corrected chi connectivity index (χ1v) is 13.8. The highest BCUT2D eigenvalue weighted by atomic mass is 32.1. The van der Waals surface area contributed by atoms with Crippen molar-refractivity contribution >= 4 is 33.5 Å². The zero-order chi connectivity index (χ0) is 26.8. The third kappa shape index (κ3) is 5.50. The highest BCUT2D eigenvalue weighted by Crippen LogP contribution is 2.30. The van der Waals surface area contributed by atoms with Crippen LogP contribution in [0.2, 0.25) is 0 Å². The molecule has 2 aromatic carbocycles. The van der Waals surface area contributed by atoms with Crippen LogP contribution in [0.4, 0.5) is 4.39 Å². The monoisotopic (exact) mass is 542 g/mol. The molecule has 0 radical (unpaired) electrons. The van der Waals surface area contributed by atoms with Crippen LogP contribution in [0.25, 0.3) is 15.9 Å². The molecule has 9 heteroatoms. The van der Waals surface area contributed by atoms with Crippen molar-refractivity contribution < 1.29 is 18.7 Å². The summed E-state index contributed by atoms with van der Waals surface area (Å²) < 4.78 is 28.0. The molecule has 2 aliphatic heterocycles. The van der Waals surface area contributed by atoms with Crippen LogP contribution < -0.4 is 4.74 Å². The highest BCUT2D eigenvalue weighted by Gasteiger charge is 2.24. The summed E-state index contributed by atoms with van der Waals surface area (Å²) >= 11 is 1.49. The Balaban J connectivity index is 1.12. The summed E-state index contributed by atoms with van der Waals surface area (Å²) in [5, 5.41) is 8.92. The largest absolute Gasteiger partial charge is 0.489 e. The van der Waals surface area contributed by atoms with Crippen molar-refractivity contribution in [2.75, 3.05) is 19.7 Å².